The summed E-state index contributed by atoms with van der Waals surface area (Å²) >= 11 is 2.88. The molecular weight excluding hydrogens is 235 g/mol. The van der Waals surface area contributed by atoms with E-state index in [1.807, 2.05) is 0 Å². The maximum Gasteiger partial charge on any atom is 0.417 e. The first kappa shape index (κ1) is 9.64. The van der Waals surface area contributed by atoms with Crippen LogP contribution in [0.25, 0.3) is 0 Å². The molecule has 68 valence electrons. The van der Waals surface area contributed by atoms with Crippen LogP contribution in [0.4, 0.5) is 13.2 Å². The van der Waals surface area contributed by atoms with Gasteiger partial charge in [-0.1, -0.05) is 15.9 Å². The normalized spacial score (nSPS) is 19.5. The molecule has 0 saturated heterocycles. The minimum Gasteiger partial charge on any atom is -0.402 e. The molecule has 5 heteroatoms. The Kier molecular flexibility index (Phi) is 2.51. The molecule has 0 heterocycles. The molecule has 0 aromatic carbocycles. The Morgan fingerprint density at radius 2 is 1.92 bits per heavy atom. The Balaban J connectivity index is 3.02. The summed E-state index contributed by atoms with van der Waals surface area (Å²) in [5, 5.41) is 0. The average molecular weight is 242 g/mol. The molecule has 0 aliphatic heterocycles. The second kappa shape index (κ2) is 3.12. The fraction of sp³-hybridized carbons (Fsp3) is 0.429. The average Bonchev–Trinajstić information content (AvgIpc) is 1.92. The van der Waals surface area contributed by atoms with Gasteiger partial charge in [-0.25, -0.2) is 0 Å². The van der Waals surface area contributed by atoms with Crippen molar-refractivity contribution in [3.63, 3.8) is 0 Å². The molecule has 12 heavy (non-hydrogen) atoms. The number of hydrogen-bond acceptors (Lipinski definition) is 1. The van der Waals surface area contributed by atoms with Gasteiger partial charge >= 0.3 is 6.18 Å². The van der Waals surface area contributed by atoms with E-state index in [2.05, 4.69) is 15.9 Å². The molecule has 0 saturated carbocycles. The lowest BCUT2D eigenvalue weighted by Gasteiger charge is -2.16. The molecule has 0 atom stereocenters. The summed E-state index contributed by atoms with van der Waals surface area (Å²) < 4.78 is 36.7. The van der Waals surface area contributed by atoms with Crippen molar-refractivity contribution in [2.45, 2.75) is 19.0 Å². The van der Waals surface area contributed by atoms with Gasteiger partial charge in [-0.05, 0) is 18.9 Å². The predicted molar refractivity (Wildman–Crippen MR) is 43.5 cm³/mol. The van der Waals surface area contributed by atoms with E-state index in [4.69, 9.17) is 5.73 Å². The van der Waals surface area contributed by atoms with Gasteiger partial charge < -0.3 is 5.73 Å². The SMILES string of the molecule is NC1=CC(C(F)(F)F)=C(Br)CC1. The van der Waals surface area contributed by atoms with Crippen LogP contribution in [-0.2, 0) is 0 Å². The highest BCUT2D eigenvalue weighted by Crippen LogP contribution is 2.36. The summed E-state index contributed by atoms with van der Waals surface area (Å²) in [6.07, 6.45) is -2.51. The second-order valence-corrected chi connectivity index (χ2v) is 3.49. The summed E-state index contributed by atoms with van der Waals surface area (Å²) in [5.41, 5.74) is 4.91. The smallest absolute Gasteiger partial charge is 0.402 e. The summed E-state index contributed by atoms with van der Waals surface area (Å²) in [5.74, 6) is 0. The number of nitrogens with two attached hydrogens (primary N) is 1. The molecule has 0 bridgehead atoms. The molecular formula is C7H7BrF3N. The highest BCUT2D eigenvalue weighted by molar-refractivity contribution is 9.11. The zero-order chi connectivity index (χ0) is 9.35. The van der Waals surface area contributed by atoms with Crippen molar-refractivity contribution in [1.29, 1.82) is 0 Å². The van der Waals surface area contributed by atoms with Gasteiger partial charge in [0.05, 0.1) is 5.57 Å². The van der Waals surface area contributed by atoms with Crippen molar-refractivity contribution in [3.8, 4) is 0 Å². The number of allylic oxidation sites excluding steroid dienone is 4. The van der Waals surface area contributed by atoms with Crippen LogP contribution in [0.15, 0.2) is 21.8 Å². The van der Waals surface area contributed by atoms with Gasteiger partial charge in [0, 0.05) is 10.2 Å². The van der Waals surface area contributed by atoms with Gasteiger partial charge in [-0.3, -0.25) is 0 Å². The van der Waals surface area contributed by atoms with E-state index in [1.54, 1.807) is 0 Å². The largest absolute Gasteiger partial charge is 0.417 e. The van der Waals surface area contributed by atoms with Crippen molar-refractivity contribution in [2.75, 3.05) is 0 Å². The fourth-order valence-electron chi connectivity index (χ4n) is 0.960. The quantitative estimate of drug-likeness (QED) is 0.694. The van der Waals surface area contributed by atoms with Gasteiger partial charge in [0.2, 0.25) is 0 Å². The van der Waals surface area contributed by atoms with Crippen LogP contribution in [0.5, 0.6) is 0 Å². The molecule has 0 spiro atoms. The Morgan fingerprint density at radius 1 is 1.33 bits per heavy atom. The summed E-state index contributed by atoms with van der Waals surface area (Å²) in [6.45, 7) is 0. The first-order valence-corrected chi connectivity index (χ1v) is 4.12. The Morgan fingerprint density at radius 3 is 2.33 bits per heavy atom. The third-order valence-corrected chi connectivity index (χ3v) is 2.38. The molecule has 0 unspecified atom stereocenters. The summed E-state index contributed by atoms with van der Waals surface area (Å²) in [6, 6.07) is 0. The zero-order valence-electron chi connectivity index (χ0n) is 6.08. The van der Waals surface area contributed by atoms with Crippen LogP contribution in [0.1, 0.15) is 12.8 Å². The second-order valence-electron chi connectivity index (χ2n) is 2.54. The van der Waals surface area contributed by atoms with E-state index >= 15 is 0 Å². The topological polar surface area (TPSA) is 26.0 Å². The third-order valence-electron chi connectivity index (χ3n) is 1.56. The molecule has 1 nitrogen and oxygen atoms in total. The number of halogens is 4. The van der Waals surface area contributed by atoms with E-state index in [0.717, 1.165) is 6.08 Å². The minimum atomic E-state index is -4.30. The Labute approximate surface area is 76.2 Å². The molecule has 1 rings (SSSR count). The first-order valence-electron chi connectivity index (χ1n) is 3.33. The van der Waals surface area contributed by atoms with Crippen LogP contribution < -0.4 is 5.73 Å². The minimum absolute atomic E-state index is 0.184. The lowest BCUT2D eigenvalue weighted by atomic mass is 10.0. The lowest BCUT2D eigenvalue weighted by molar-refractivity contribution is -0.0889. The molecule has 1 aliphatic rings. The van der Waals surface area contributed by atoms with Gasteiger partial charge in [0.1, 0.15) is 0 Å². The monoisotopic (exact) mass is 241 g/mol. The number of rotatable bonds is 0. The molecule has 1 aliphatic carbocycles. The van der Waals surface area contributed by atoms with Gasteiger partial charge in [-0.2, -0.15) is 13.2 Å². The van der Waals surface area contributed by atoms with Gasteiger partial charge in [0.25, 0.3) is 0 Å². The summed E-state index contributed by atoms with van der Waals surface area (Å²) in [7, 11) is 0. The highest BCUT2D eigenvalue weighted by atomic mass is 79.9. The molecule has 2 N–H and O–H groups in total. The summed E-state index contributed by atoms with van der Waals surface area (Å²) in [4.78, 5) is 0. The van der Waals surface area contributed by atoms with Gasteiger partial charge in [-0.15, -0.1) is 0 Å². The molecule has 0 radical (unpaired) electrons. The van der Waals surface area contributed by atoms with Crippen LogP contribution in [0, 0.1) is 0 Å². The van der Waals surface area contributed by atoms with E-state index in [9.17, 15) is 13.2 Å². The highest BCUT2D eigenvalue weighted by Gasteiger charge is 2.35. The van der Waals surface area contributed by atoms with Crippen LogP contribution in [0.2, 0.25) is 0 Å². The Hall–Kier alpha value is -0.450. The lowest BCUT2D eigenvalue weighted by Crippen LogP contribution is -2.16. The fourth-order valence-corrected chi connectivity index (χ4v) is 1.50. The van der Waals surface area contributed by atoms with Gasteiger partial charge in [0.15, 0.2) is 0 Å². The zero-order valence-corrected chi connectivity index (χ0v) is 7.67. The standard InChI is InChI=1S/C7H7BrF3N/c8-6-2-1-4(12)3-5(6)7(9,10)11/h3H,1-2,12H2. The van der Waals surface area contributed by atoms with Crippen LogP contribution in [0.3, 0.4) is 0 Å². The maximum atomic E-state index is 12.2. The molecule has 0 aromatic rings. The molecule has 0 aromatic heterocycles. The number of hydrogen-bond donors (Lipinski definition) is 1. The van der Waals surface area contributed by atoms with Crippen molar-refractivity contribution >= 4 is 15.9 Å². The van der Waals surface area contributed by atoms with E-state index < -0.39 is 11.7 Å². The van der Waals surface area contributed by atoms with Crippen molar-refractivity contribution in [2.24, 2.45) is 5.73 Å². The molecule has 0 fully saturated rings. The van der Waals surface area contributed by atoms with Crippen molar-refractivity contribution < 1.29 is 13.2 Å². The maximum absolute atomic E-state index is 12.2. The van der Waals surface area contributed by atoms with Crippen molar-refractivity contribution in [3.05, 3.63) is 21.8 Å². The third kappa shape index (κ3) is 2.03. The Bertz CT molecular complexity index is 252. The van der Waals surface area contributed by atoms with E-state index in [0.29, 0.717) is 12.8 Å². The molecule has 0 amide bonds. The first-order chi connectivity index (χ1) is 5.41. The predicted octanol–water partition coefficient (Wildman–Crippen LogP) is 2.83. The van der Waals surface area contributed by atoms with Crippen molar-refractivity contribution in [1.82, 2.24) is 0 Å². The van der Waals surface area contributed by atoms with E-state index in [-0.39, 0.29) is 10.2 Å². The van der Waals surface area contributed by atoms with Crippen LogP contribution in [-0.4, -0.2) is 6.18 Å². The van der Waals surface area contributed by atoms with E-state index in [1.165, 1.54) is 0 Å². The number of alkyl halides is 3. The van der Waals surface area contributed by atoms with Crippen LogP contribution >= 0.6 is 15.9 Å².